The minimum absolute atomic E-state index is 0.627. The zero-order valence-electron chi connectivity index (χ0n) is 13.4. The maximum atomic E-state index is 5.53. The van der Waals surface area contributed by atoms with E-state index in [4.69, 9.17) is 14.2 Å². The van der Waals surface area contributed by atoms with E-state index in [-0.39, 0.29) is 0 Å². The number of benzene rings is 2. The van der Waals surface area contributed by atoms with Gasteiger partial charge in [-0.15, -0.1) is 0 Å². The fourth-order valence-electron chi connectivity index (χ4n) is 2.29. The molecule has 0 atom stereocenters. The highest BCUT2D eigenvalue weighted by molar-refractivity contribution is 5.43. The number of methoxy groups -OCH3 is 2. The summed E-state index contributed by atoms with van der Waals surface area (Å²) in [7, 11) is 3.35. The molecule has 2 rings (SSSR count). The Morgan fingerprint density at radius 3 is 2.36 bits per heavy atom. The van der Waals surface area contributed by atoms with Crippen molar-refractivity contribution in [2.45, 2.75) is 20.0 Å². The Kier molecular flexibility index (Phi) is 6.10. The van der Waals surface area contributed by atoms with Crippen LogP contribution in [0.1, 0.15) is 18.1 Å². The van der Waals surface area contributed by atoms with E-state index in [1.54, 1.807) is 14.2 Å². The molecule has 2 aromatic rings. The van der Waals surface area contributed by atoms with Crippen molar-refractivity contribution >= 4 is 0 Å². The molecule has 0 amide bonds. The van der Waals surface area contributed by atoms with E-state index in [0.717, 1.165) is 41.5 Å². The Balaban J connectivity index is 1.97. The summed E-state index contributed by atoms with van der Waals surface area (Å²) in [5, 5.41) is 3.42. The third-order valence-corrected chi connectivity index (χ3v) is 3.36. The van der Waals surface area contributed by atoms with E-state index in [1.165, 1.54) is 0 Å². The highest BCUT2D eigenvalue weighted by Gasteiger charge is 2.06. The van der Waals surface area contributed by atoms with Crippen molar-refractivity contribution < 1.29 is 14.2 Å². The Hall–Kier alpha value is -2.20. The van der Waals surface area contributed by atoms with Crippen molar-refractivity contribution in [2.75, 3.05) is 20.8 Å². The molecule has 0 heterocycles. The second-order valence-corrected chi connectivity index (χ2v) is 4.83. The molecular weight excluding hydrogens is 278 g/mol. The van der Waals surface area contributed by atoms with Gasteiger partial charge in [-0.1, -0.05) is 24.3 Å². The van der Waals surface area contributed by atoms with Crippen LogP contribution in [0, 0.1) is 0 Å². The average molecular weight is 301 g/mol. The van der Waals surface area contributed by atoms with Crippen LogP contribution in [0.2, 0.25) is 0 Å². The quantitative estimate of drug-likeness (QED) is 0.811. The van der Waals surface area contributed by atoms with E-state index < -0.39 is 0 Å². The Labute approximate surface area is 132 Å². The summed E-state index contributed by atoms with van der Waals surface area (Å²) in [6.07, 6.45) is 0. The molecule has 2 aromatic carbocycles. The lowest BCUT2D eigenvalue weighted by atomic mass is 10.1. The van der Waals surface area contributed by atoms with E-state index in [2.05, 4.69) is 11.4 Å². The molecule has 22 heavy (non-hydrogen) atoms. The van der Waals surface area contributed by atoms with Gasteiger partial charge in [-0.25, -0.2) is 0 Å². The van der Waals surface area contributed by atoms with Crippen LogP contribution < -0.4 is 19.5 Å². The van der Waals surface area contributed by atoms with Gasteiger partial charge in [0.1, 0.15) is 5.75 Å². The summed E-state index contributed by atoms with van der Waals surface area (Å²) in [4.78, 5) is 0. The largest absolute Gasteiger partial charge is 0.496 e. The lowest BCUT2D eigenvalue weighted by molar-refractivity contribution is 0.310. The average Bonchev–Trinajstić information content (AvgIpc) is 2.56. The van der Waals surface area contributed by atoms with Gasteiger partial charge < -0.3 is 19.5 Å². The first-order chi connectivity index (χ1) is 10.8. The summed E-state index contributed by atoms with van der Waals surface area (Å²) >= 11 is 0. The lowest BCUT2D eigenvalue weighted by Gasteiger charge is -2.12. The highest BCUT2D eigenvalue weighted by atomic mass is 16.5. The topological polar surface area (TPSA) is 39.7 Å². The molecule has 0 bridgehead atoms. The van der Waals surface area contributed by atoms with Gasteiger partial charge in [-0.05, 0) is 30.7 Å². The lowest BCUT2D eigenvalue weighted by Crippen LogP contribution is -2.13. The van der Waals surface area contributed by atoms with Gasteiger partial charge in [0.25, 0.3) is 0 Å². The van der Waals surface area contributed by atoms with E-state index >= 15 is 0 Å². The molecule has 0 saturated heterocycles. The third kappa shape index (κ3) is 4.15. The number of hydrogen-bond donors (Lipinski definition) is 1. The SMILES string of the molecule is CCOc1ccc(CNCc2ccccc2OC)cc1OC. The molecule has 0 fully saturated rings. The molecule has 4 heteroatoms. The Bertz CT molecular complexity index is 599. The van der Waals surface area contributed by atoms with Crippen LogP contribution in [0.4, 0.5) is 0 Å². The van der Waals surface area contributed by atoms with Crippen molar-refractivity contribution in [3.8, 4) is 17.2 Å². The van der Waals surface area contributed by atoms with Crippen LogP contribution in [-0.4, -0.2) is 20.8 Å². The molecule has 0 spiro atoms. The minimum Gasteiger partial charge on any atom is -0.496 e. The summed E-state index contributed by atoms with van der Waals surface area (Å²) in [6.45, 7) is 4.09. The van der Waals surface area contributed by atoms with Gasteiger partial charge in [0.15, 0.2) is 11.5 Å². The fourth-order valence-corrected chi connectivity index (χ4v) is 2.29. The smallest absolute Gasteiger partial charge is 0.161 e. The second kappa shape index (κ2) is 8.29. The molecular formula is C18H23NO3. The standard InChI is InChI=1S/C18H23NO3/c1-4-22-17-10-9-14(11-18(17)21-3)12-19-13-15-7-5-6-8-16(15)20-2/h5-11,19H,4,12-13H2,1-3H3. The molecule has 0 radical (unpaired) electrons. The van der Waals surface area contributed by atoms with Crippen molar-refractivity contribution in [3.63, 3.8) is 0 Å². The third-order valence-electron chi connectivity index (χ3n) is 3.36. The van der Waals surface area contributed by atoms with Gasteiger partial charge in [0, 0.05) is 18.7 Å². The van der Waals surface area contributed by atoms with Crippen molar-refractivity contribution in [1.29, 1.82) is 0 Å². The first kappa shape index (κ1) is 16.2. The summed E-state index contributed by atoms with van der Waals surface area (Å²) in [5.74, 6) is 2.44. The monoisotopic (exact) mass is 301 g/mol. The number of para-hydroxylation sites is 1. The Morgan fingerprint density at radius 2 is 1.64 bits per heavy atom. The molecule has 4 nitrogen and oxygen atoms in total. The summed E-state index contributed by atoms with van der Waals surface area (Å²) in [5.41, 5.74) is 2.29. The second-order valence-electron chi connectivity index (χ2n) is 4.83. The molecule has 0 aliphatic heterocycles. The highest BCUT2D eigenvalue weighted by Crippen LogP contribution is 2.28. The molecule has 118 valence electrons. The zero-order chi connectivity index (χ0) is 15.8. The molecule has 0 aromatic heterocycles. The number of rotatable bonds is 8. The summed E-state index contributed by atoms with van der Waals surface area (Å²) < 4.78 is 16.2. The van der Waals surface area contributed by atoms with Crippen LogP contribution in [0.5, 0.6) is 17.2 Å². The first-order valence-corrected chi connectivity index (χ1v) is 7.40. The number of nitrogens with one attached hydrogen (secondary N) is 1. The van der Waals surface area contributed by atoms with Crippen molar-refractivity contribution in [2.24, 2.45) is 0 Å². The van der Waals surface area contributed by atoms with E-state index in [1.807, 2.05) is 43.3 Å². The maximum absolute atomic E-state index is 5.53. The van der Waals surface area contributed by atoms with Crippen LogP contribution in [-0.2, 0) is 13.1 Å². The molecule has 0 saturated carbocycles. The molecule has 0 aliphatic carbocycles. The summed E-state index contributed by atoms with van der Waals surface area (Å²) in [6, 6.07) is 14.0. The number of ether oxygens (including phenoxy) is 3. The van der Waals surface area contributed by atoms with E-state index in [0.29, 0.717) is 6.61 Å². The van der Waals surface area contributed by atoms with Gasteiger partial charge in [-0.3, -0.25) is 0 Å². The zero-order valence-corrected chi connectivity index (χ0v) is 13.4. The van der Waals surface area contributed by atoms with Crippen molar-refractivity contribution in [1.82, 2.24) is 5.32 Å². The molecule has 0 unspecified atom stereocenters. The fraction of sp³-hybridized carbons (Fsp3) is 0.333. The predicted octanol–water partition coefficient (Wildman–Crippen LogP) is 3.39. The van der Waals surface area contributed by atoms with Crippen molar-refractivity contribution in [3.05, 3.63) is 53.6 Å². The van der Waals surface area contributed by atoms with Crippen LogP contribution >= 0.6 is 0 Å². The molecule has 1 N–H and O–H groups in total. The normalized spacial score (nSPS) is 10.3. The maximum Gasteiger partial charge on any atom is 0.161 e. The van der Waals surface area contributed by atoms with Gasteiger partial charge in [-0.2, -0.15) is 0 Å². The molecule has 0 aliphatic rings. The van der Waals surface area contributed by atoms with E-state index in [9.17, 15) is 0 Å². The van der Waals surface area contributed by atoms with Crippen LogP contribution in [0.15, 0.2) is 42.5 Å². The van der Waals surface area contributed by atoms with Gasteiger partial charge in [0.05, 0.1) is 20.8 Å². The van der Waals surface area contributed by atoms with Crippen LogP contribution in [0.25, 0.3) is 0 Å². The minimum atomic E-state index is 0.627. The first-order valence-electron chi connectivity index (χ1n) is 7.40. The van der Waals surface area contributed by atoms with Crippen LogP contribution in [0.3, 0.4) is 0 Å². The Morgan fingerprint density at radius 1 is 0.864 bits per heavy atom. The number of hydrogen-bond acceptors (Lipinski definition) is 4. The predicted molar refractivity (Wildman–Crippen MR) is 87.7 cm³/mol. The van der Waals surface area contributed by atoms with Gasteiger partial charge in [0.2, 0.25) is 0 Å². The van der Waals surface area contributed by atoms with Gasteiger partial charge >= 0.3 is 0 Å².